The van der Waals surface area contributed by atoms with Crippen molar-refractivity contribution in [3.8, 4) is 11.1 Å². The van der Waals surface area contributed by atoms with Crippen LogP contribution in [0.3, 0.4) is 0 Å². The number of alkyl halides is 3. The molecule has 0 atom stereocenters. The van der Waals surface area contributed by atoms with Gasteiger partial charge < -0.3 is 9.88 Å². The first-order valence-corrected chi connectivity index (χ1v) is 9.60. The van der Waals surface area contributed by atoms with Gasteiger partial charge in [0.15, 0.2) is 5.15 Å². The molecule has 0 aliphatic carbocycles. The van der Waals surface area contributed by atoms with Crippen molar-refractivity contribution in [2.45, 2.75) is 25.7 Å². The minimum Gasteiger partial charge on any atom is -0.327 e. The lowest BCUT2D eigenvalue weighted by atomic mass is 9.95. The molecule has 0 bridgehead atoms. The van der Waals surface area contributed by atoms with Gasteiger partial charge in [0.1, 0.15) is 23.9 Å². The summed E-state index contributed by atoms with van der Waals surface area (Å²) in [6, 6.07) is 11.7. The molecule has 4 nitrogen and oxygen atoms in total. The first kappa shape index (κ1) is 18.4. The highest BCUT2D eigenvalue weighted by Crippen LogP contribution is 2.36. The summed E-state index contributed by atoms with van der Waals surface area (Å²) >= 11 is 6.15. The molecule has 0 unspecified atom stereocenters. The third-order valence-corrected chi connectivity index (χ3v) is 5.63. The number of hydrogen-bond acceptors (Lipinski definition) is 3. The van der Waals surface area contributed by atoms with Gasteiger partial charge in [-0.1, -0.05) is 29.8 Å². The molecule has 0 fully saturated rings. The summed E-state index contributed by atoms with van der Waals surface area (Å²) < 4.78 is 40.7. The summed E-state index contributed by atoms with van der Waals surface area (Å²) in [6.45, 7) is 0.639. The maximum atomic E-state index is 13.2. The largest absolute Gasteiger partial charge is 0.406 e. The van der Waals surface area contributed by atoms with E-state index in [0.717, 1.165) is 35.2 Å². The fourth-order valence-corrected chi connectivity index (χ4v) is 4.29. The van der Waals surface area contributed by atoms with E-state index in [0.29, 0.717) is 16.4 Å². The van der Waals surface area contributed by atoms with Crippen molar-refractivity contribution in [3.05, 3.63) is 59.0 Å². The van der Waals surface area contributed by atoms with Crippen molar-refractivity contribution in [2.24, 2.45) is 0 Å². The molecule has 0 saturated heterocycles. The Bertz CT molecular complexity index is 1250. The van der Waals surface area contributed by atoms with Crippen LogP contribution in [-0.4, -0.2) is 27.3 Å². The fraction of sp³-hybridized carbons (Fsp3) is 0.238. The molecule has 0 radical (unpaired) electrons. The van der Waals surface area contributed by atoms with Crippen molar-refractivity contribution >= 4 is 33.5 Å². The molecule has 29 heavy (non-hydrogen) atoms. The lowest BCUT2D eigenvalue weighted by Gasteiger charge is -2.18. The summed E-state index contributed by atoms with van der Waals surface area (Å²) in [5.41, 5.74) is 5.58. The van der Waals surface area contributed by atoms with Gasteiger partial charge in [0.2, 0.25) is 0 Å². The van der Waals surface area contributed by atoms with Crippen LogP contribution in [0, 0.1) is 0 Å². The van der Waals surface area contributed by atoms with Crippen LogP contribution < -0.4 is 5.32 Å². The smallest absolute Gasteiger partial charge is 0.327 e. The zero-order valence-electron chi connectivity index (χ0n) is 15.2. The van der Waals surface area contributed by atoms with Gasteiger partial charge in [0, 0.05) is 11.9 Å². The van der Waals surface area contributed by atoms with Crippen LogP contribution in [0.2, 0.25) is 5.15 Å². The van der Waals surface area contributed by atoms with Crippen LogP contribution in [0.1, 0.15) is 11.1 Å². The average molecular weight is 417 g/mol. The Labute approximate surface area is 169 Å². The molecule has 0 spiro atoms. The standard InChI is InChI=1S/C21H16ClF3N4/c22-20-19-18(27-11-28-20)16-8-14(3-4-17(16)29(19)10-21(23,24)25)13-2-1-12-5-6-26-9-15(12)7-13/h1-4,7-8,11,26H,5-6,9-10H2. The monoisotopic (exact) mass is 416 g/mol. The molecule has 4 aromatic rings. The van der Waals surface area contributed by atoms with Crippen LogP contribution in [0.25, 0.3) is 33.1 Å². The van der Waals surface area contributed by atoms with Crippen LogP contribution >= 0.6 is 11.6 Å². The van der Waals surface area contributed by atoms with Gasteiger partial charge in [-0.3, -0.25) is 0 Å². The van der Waals surface area contributed by atoms with Crippen molar-refractivity contribution in [1.29, 1.82) is 0 Å². The molecule has 0 saturated carbocycles. The minimum atomic E-state index is -4.39. The number of rotatable bonds is 2. The molecular weight excluding hydrogens is 401 g/mol. The van der Waals surface area contributed by atoms with Crippen molar-refractivity contribution in [2.75, 3.05) is 6.54 Å². The van der Waals surface area contributed by atoms with E-state index in [4.69, 9.17) is 11.6 Å². The first-order chi connectivity index (χ1) is 13.9. The molecule has 2 aromatic heterocycles. The number of nitrogens with zero attached hydrogens (tertiary/aromatic N) is 3. The Morgan fingerprint density at radius 1 is 1.03 bits per heavy atom. The maximum Gasteiger partial charge on any atom is 0.406 e. The van der Waals surface area contributed by atoms with Gasteiger partial charge in [-0.2, -0.15) is 13.2 Å². The summed E-state index contributed by atoms with van der Waals surface area (Å²) in [7, 11) is 0. The second-order valence-corrected chi connectivity index (χ2v) is 7.56. The van der Waals surface area contributed by atoms with Gasteiger partial charge in [-0.25, -0.2) is 9.97 Å². The highest BCUT2D eigenvalue weighted by Gasteiger charge is 2.30. The van der Waals surface area contributed by atoms with Gasteiger partial charge in [-0.05, 0) is 53.4 Å². The SMILES string of the molecule is FC(F)(F)Cn1c2ccc(-c3ccc4c(c3)CNCC4)cc2c2ncnc(Cl)c21. The predicted octanol–water partition coefficient (Wildman–Crippen LogP) is 5.11. The Kier molecular flexibility index (Phi) is 4.26. The normalized spacial score (nSPS) is 14.5. The number of hydrogen-bond donors (Lipinski definition) is 1. The average Bonchev–Trinajstić information content (AvgIpc) is 3.00. The molecule has 1 N–H and O–H groups in total. The van der Waals surface area contributed by atoms with Crippen molar-refractivity contribution < 1.29 is 13.2 Å². The topological polar surface area (TPSA) is 42.7 Å². The maximum absolute atomic E-state index is 13.2. The second-order valence-electron chi connectivity index (χ2n) is 7.21. The van der Waals surface area contributed by atoms with Gasteiger partial charge in [0.25, 0.3) is 0 Å². The van der Waals surface area contributed by atoms with Crippen LogP contribution in [-0.2, 0) is 19.5 Å². The van der Waals surface area contributed by atoms with E-state index in [-0.39, 0.29) is 10.7 Å². The Morgan fingerprint density at radius 2 is 1.83 bits per heavy atom. The molecule has 2 aromatic carbocycles. The Hall–Kier alpha value is -2.64. The highest BCUT2D eigenvalue weighted by molar-refractivity contribution is 6.34. The molecule has 0 amide bonds. The lowest BCUT2D eigenvalue weighted by Crippen LogP contribution is -2.23. The Morgan fingerprint density at radius 3 is 2.66 bits per heavy atom. The van der Waals surface area contributed by atoms with Gasteiger partial charge in [0.05, 0.1) is 5.52 Å². The second kappa shape index (κ2) is 6.71. The predicted molar refractivity (Wildman–Crippen MR) is 107 cm³/mol. The molecular formula is C21H16ClF3N4. The molecule has 1 aliphatic rings. The zero-order valence-corrected chi connectivity index (χ0v) is 16.0. The summed E-state index contributed by atoms with van der Waals surface area (Å²) in [4.78, 5) is 8.11. The van der Waals surface area contributed by atoms with Crippen LogP contribution in [0.15, 0.2) is 42.7 Å². The Balaban J connectivity index is 1.71. The zero-order chi connectivity index (χ0) is 20.2. The van der Waals surface area contributed by atoms with E-state index >= 15 is 0 Å². The van der Waals surface area contributed by atoms with E-state index in [1.54, 1.807) is 6.07 Å². The summed E-state index contributed by atoms with van der Waals surface area (Å²) in [5.74, 6) is 0. The number of aromatic nitrogens is 3. The number of nitrogens with one attached hydrogen (secondary N) is 1. The summed E-state index contributed by atoms with van der Waals surface area (Å²) in [6.07, 6.45) is -2.11. The number of halogens is 4. The lowest BCUT2D eigenvalue weighted by molar-refractivity contribution is -0.139. The molecule has 3 heterocycles. The van der Waals surface area contributed by atoms with E-state index in [1.165, 1.54) is 17.5 Å². The molecule has 148 valence electrons. The van der Waals surface area contributed by atoms with E-state index < -0.39 is 12.7 Å². The third-order valence-electron chi connectivity index (χ3n) is 5.35. The fourth-order valence-electron chi connectivity index (χ4n) is 4.06. The van der Waals surface area contributed by atoms with E-state index in [1.807, 2.05) is 12.1 Å². The van der Waals surface area contributed by atoms with Crippen molar-refractivity contribution in [3.63, 3.8) is 0 Å². The van der Waals surface area contributed by atoms with Crippen molar-refractivity contribution in [1.82, 2.24) is 19.9 Å². The molecule has 5 rings (SSSR count). The van der Waals surface area contributed by atoms with E-state index in [2.05, 4.69) is 33.5 Å². The summed E-state index contributed by atoms with van der Waals surface area (Å²) in [5, 5.41) is 4.00. The highest BCUT2D eigenvalue weighted by atomic mass is 35.5. The number of benzene rings is 2. The number of fused-ring (bicyclic) bond motifs is 4. The van der Waals surface area contributed by atoms with E-state index in [9.17, 15) is 13.2 Å². The van der Waals surface area contributed by atoms with Gasteiger partial charge in [-0.15, -0.1) is 0 Å². The van der Waals surface area contributed by atoms with Crippen LogP contribution in [0.4, 0.5) is 13.2 Å². The minimum absolute atomic E-state index is 0.0110. The first-order valence-electron chi connectivity index (χ1n) is 9.23. The molecule has 8 heteroatoms. The molecule has 1 aliphatic heterocycles. The van der Waals surface area contributed by atoms with Gasteiger partial charge >= 0.3 is 6.18 Å². The quantitative estimate of drug-likeness (QED) is 0.461. The third kappa shape index (κ3) is 3.24. The van der Waals surface area contributed by atoms with Crippen LogP contribution in [0.5, 0.6) is 0 Å².